The van der Waals surface area contributed by atoms with Gasteiger partial charge in [0.1, 0.15) is 5.58 Å². The van der Waals surface area contributed by atoms with Crippen LogP contribution in [0.5, 0.6) is 0 Å². The van der Waals surface area contributed by atoms with Gasteiger partial charge in [-0.05, 0) is 18.6 Å². The summed E-state index contributed by atoms with van der Waals surface area (Å²) in [5, 5.41) is 1.01. The fraction of sp³-hybridized carbons (Fsp3) is 0.200. The van der Waals surface area contributed by atoms with E-state index in [2.05, 4.69) is 0 Å². The summed E-state index contributed by atoms with van der Waals surface area (Å²) in [5.41, 5.74) is 2.60. The van der Waals surface area contributed by atoms with Crippen LogP contribution in [0, 0.1) is 6.92 Å². The van der Waals surface area contributed by atoms with E-state index < -0.39 is 11.1 Å². The van der Waals surface area contributed by atoms with Crippen molar-refractivity contribution in [3.05, 3.63) is 35.6 Å². The Morgan fingerprint density at radius 1 is 1.43 bits per heavy atom. The molecule has 1 aromatic carbocycles. The summed E-state index contributed by atoms with van der Waals surface area (Å²) in [6.45, 7) is 1.98. The first kappa shape index (κ1) is 9.43. The van der Waals surface area contributed by atoms with Gasteiger partial charge in [-0.2, -0.15) is 0 Å². The maximum atomic E-state index is 10.7. The summed E-state index contributed by atoms with van der Waals surface area (Å²) in [4.78, 5) is 0. The molecule has 3 nitrogen and oxygen atoms in total. The zero-order valence-electron chi connectivity index (χ0n) is 7.69. The maximum Gasteiger partial charge on any atom is 0.157 e. The van der Waals surface area contributed by atoms with Crippen LogP contribution in [0.15, 0.2) is 28.9 Å². The third kappa shape index (κ3) is 1.58. The van der Waals surface area contributed by atoms with Crippen molar-refractivity contribution >= 4 is 22.0 Å². The Morgan fingerprint density at radius 2 is 2.21 bits per heavy atom. The maximum absolute atomic E-state index is 10.7. The molecule has 0 radical (unpaired) electrons. The quantitative estimate of drug-likeness (QED) is 0.774. The summed E-state index contributed by atoms with van der Waals surface area (Å²) < 4.78 is 24.8. The standard InChI is InChI=1S/C10H10O3S/c1-7-2-3-8(6-14(11)12)10-9(7)4-5-13-10/h2-5H,6H2,1H3,(H,11,12). The Hall–Kier alpha value is -1.13. The van der Waals surface area contributed by atoms with Crippen molar-refractivity contribution in [2.75, 3.05) is 0 Å². The molecule has 1 heterocycles. The second kappa shape index (κ2) is 3.55. The summed E-state index contributed by atoms with van der Waals surface area (Å²) in [5.74, 6) is 0.115. The van der Waals surface area contributed by atoms with Gasteiger partial charge < -0.3 is 8.97 Å². The van der Waals surface area contributed by atoms with Crippen LogP contribution in [0.1, 0.15) is 11.1 Å². The molecule has 2 aromatic rings. The highest BCUT2D eigenvalue weighted by Gasteiger charge is 2.08. The molecule has 1 atom stereocenters. The molecule has 0 aliphatic carbocycles. The second-order valence-electron chi connectivity index (χ2n) is 3.17. The van der Waals surface area contributed by atoms with Crippen LogP contribution in [0.4, 0.5) is 0 Å². The fourth-order valence-corrected chi connectivity index (χ4v) is 2.00. The predicted molar refractivity (Wildman–Crippen MR) is 55.4 cm³/mol. The van der Waals surface area contributed by atoms with Crippen LogP contribution in [0.2, 0.25) is 0 Å². The van der Waals surface area contributed by atoms with Gasteiger partial charge in [-0.25, -0.2) is 4.21 Å². The molecule has 1 N–H and O–H groups in total. The normalized spacial score (nSPS) is 13.3. The number of aryl methyl sites for hydroxylation is 1. The van der Waals surface area contributed by atoms with Gasteiger partial charge in [0.15, 0.2) is 11.1 Å². The lowest BCUT2D eigenvalue weighted by atomic mass is 10.1. The van der Waals surface area contributed by atoms with Gasteiger partial charge in [-0.1, -0.05) is 12.1 Å². The number of hydrogen-bond donors (Lipinski definition) is 1. The lowest BCUT2D eigenvalue weighted by molar-refractivity contribution is 0.562. The topological polar surface area (TPSA) is 50.4 Å². The van der Waals surface area contributed by atoms with E-state index in [1.165, 1.54) is 0 Å². The van der Waals surface area contributed by atoms with Crippen molar-refractivity contribution in [2.45, 2.75) is 12.7 Å². The van der Waals surface area contributed by atoms with Crippen molar-refractivity contribution in [2.24, 2.45) is 0 Å². The number of fused-ring (bicyclic) bond motifs is 1. The molecule has 1 aromatic heterocycles. The monoisotopic (exact) mass is 210 g/mol. The van der Waals surface area contributed by atoms with Gasteiger partial charge in [0.25, 0.3) is 0 Å². The molecule has 2 rings (SSSR count). The van der Waals surface area contributed by atoms with Gasteiger partial charge in [-0.3, -0.25) is 0 Å². The summed E-state index contributed by atoms with van der Waals surface area (Å²) in [6, 6.07) is 5.63. The molecule has 0 amide bonds. The molecule has 0 spiro atoms. The van der Waals surface area contributed by atoms with Crippen LogP contribution < -0.4 is 0 Å². The Labute approximate surface area is 84.0 Å². The third-order valence-corrected chi connectivity index (χ3v) is 2.75. The highest BCUT2D eigenvalue weighted by molar-refractivity contribution is 7.78. The van der Waals surface area contributed by atoms with Gasteiger partial charge in [0, 0.05) is 10.9 Å². The highest BCUT2D eigenvalue weighted by Crippen LogP contribution is 2.24. The first-order chi connectivity index (χ1) is 6.68. The Bertz CT molecular complexity index is 487. The SMILES string of the molecule is Cc1ccc(CS(=O)O)c2occc12. The Balaban J connectivity index is 2.60. The molecule has 0 aliphatic rings. The summed E-state index contributed by atoms with van der Waals surface area (Å²) in [7, 11) is 0. The van der Waals surface area contributed by atoms with Crippen LogP contribution in [0.25, 0.3) is 11.0 Å². The molecule has 0 saturated carbocycles. The van der Waals surface area contributed by atoms with Crippen molar-refractivity contribution in [1.29, 1.82) is 0 Å². The zero-order chi connectivity index (χ0) is 10.1. The highest BCUT2D eigenvalue weighted by atomic mass is 32.2. The molecule has 0 saturated heterocycles. The average molecular weight is 210 g/mol. The van der Waals surface area contributed by atoms with E-state index in [1.54, 1.807) is 6.26 Å². The molecule has 4 heteroatoms. The van der Waals surface area contributed by atoms with E-state index in [9.17, 15) is 4.21 Å². The van der Waals surface area contributed by atoms with E-state index in [4.69, 9.17) is 8.97 Å². The molecular weight excluding hydrogens is 200 g/mol. The molecular formula is C10H10O3S. The number of benzene rings is 1. The van der Waals surface area contributed by atoms with Gasteiger partial charge in [0.05, 0.1) is 12.0 Å². The molecule has 0 aliphatic heterocycles. The van der Waals surface area contributed by atoms with Crippen molar-refractivity contribution < 1.29 is 13.2 Å². The molecule has 74 valence electrons. The van der Waals surface area contributed by atoms with Crippen LogP contribution in [0.3, 0.4) is 0 Å². The minimum atomic E-state index is -1.82. The fourth-order valence-electron chi connectivity index (χ4n) is 1.51. The average Bonchev–Trinajstić information content (AvgIpc) is 2.58. The van der Waals surface area contributed by atoms with Crippen molar-refractivity contribution in [3.8, 4) is 0 Å². The molecule has 1 unspecified atom stereocenters. The van der Waals surface area contributed by atoms with Gasteiger partial charge >= 0.3 is 0 Å². The van der Waals surface area contributed by atoms with E-state index in [0.717, 1.165) is 16.5 Å². The summed E-state index contributed by atoms with van der Waals surface area (Å²) in [6.07, 6.45) is 1.60. The van der Waals surface area contributed by atoms with E-state index in [0.29, 0.717) is 5.58 Å². The Morgan fingerprint density at radius 3 is 2.93 bits per heavy atom. The number of furan rings is 1. The first-order valence-electron chi connectivity index (χ1n) is 4.21. The van der Waals surface area contributed by atoms with Crippen LogP contribution >= 0.6 is 0 Å². The minimum Gasteiger partial charge on any atom is -0.464 e. The molecule has 14 heavy (non-hydrogen) atoms. The second-order valence-corrected chi connectivity index (χ2v) is 4.10. The Kier molecular flexibility index (Phi) is 2.39. The van der Waals surface area contributed by atoms with Crippen LogP contribution in [-0.2, 0) is 16.8 Å². The molecule has 0 bridgehead atoms. The summed E-state index contributed by atoms with van der Waals surface area (Å²) >= 11 is -1.82. The van der Waals surface area contributed by atoms with Gasteiger partial charge in [-0.15, -0.1) is 0 Å². The third-order valence-electron chi connectivity index (χ3n) is 2.20. The van der Waals surface area contributed by atoms with Gasteiger partial charge in [0.2, 0.25) is 0 Å². The first-order valence-corrected chi connectivity index (χ1v) is 5.49. The van der Waals surface area contributed by atoms with Crippen molar-refractivity contribution in [3.63, 3.8) is 0 Å². The lowest BCUT2D eigenvalue weighted by Crippen LogP contribution is -1.93. The van der Waals surface area contributed by atoms with E-state index in [-0.39, 0.29) is 5.75 Å². The minimum absolute atomic E-state index is 0.115. The van der Waals surface area contributed by atoms with Crippen molar-refractivity contribution in [1.82, 2.24) is 0 Å². The largest absolute Gasteiger partial charge is 0.464 e. The zero-order valence-corrected chi connectivity index (χ0v) is 8.50. The number of hydrogen-bond acceptors (Lipinski definition) is 2. The van der Waals surface area contributed by atoms with E-state index >= 15 is 0 Å². The lowest BCUT2D eigenvalue weighted by Gasteiger charge is -2.01. The van der Waals surface area contributed by atoms with E-state index in [1.807, 2.05) is 25.1 Å². The predicted octanol–water partition coefficient (Wildman–Crippen LogP) is 2.46. The smallest absolute Gasteiger partial charge is 0.157 e. The molecule has 0 fully saturated rings. The number of rotatable bonds is 2. The van der Waals surface area contributed by atoms with Crippen LogP contribution in [-0.4, -0.2) is 8.76 Å².